The second-order valence-corrected chi connectivity index (χ2v) is 4.23. The third-order valence-electron chi connectivity index (χ3n) is 3.04. The predicted molar refractivity (Wildman–Crippen MR) is 67.3 cm³/mol. The van der Waals surface area contributed by atoms with Crippen LogP contribution in [-0.2, 0) is 4.74 Å². The first kappa shape index (κ1) is 12.2. The predicted octanol–water partition coefficient (Wildman–Crippen LogP) is 1.49. The molecule has 0 spiro atoms. The number of rotatable bonds is 2. The van der Waals surface area contributed by atoms with Gasteiger partial charge in [0, 0.05) is 18.8 Å². The van der Waals surface area contributed by atoms with Crippen molar-refractivity contribution in [3.63, 3.8) is 0 Å². The van der Waals surface area contributed by atoms with E-state index in [1.807, 2.05) is 18.2 Å². The zero-order chi connectivity index (χ0) is 13.0. The summed E-state index contributed by atoms with van der Waals surface area (Å²) in [6, 6.07) is 9.71. The number of hydrogen-bond acceptors (Lipinski definition) is 4. The van der Waals surface area contributed by atoms with Crippen molar-refractivity contribution in [1.82, 2.24) is 5.32 Å². The van der Waals surface area contributed by atoms with E-state index in [4.69, 9.17) is 5.26 Å². The highest BCUT2D eigenvalue weighted by molar-refractivity contribution is 5.67. The zero-order valence-corrected chi connectivity index (χ0v) is 10.2. The Hall–Kier alpha value is -2.22. The molecule has 1 heterocycles. The van der Waals surface area contributed by atoms with Gasteiger partial charge >= 0.3 is 6.09 Å². The number of alkyl carbamates (subject to hydrolysis) is 1. The average molecular weight is 245 g/mol. The summed E-state index contributed by atoms with van der Waals surface area (Å²) in [5.74, 6) is 0. The van der Waals surface area contributed by atoms with Gasteiger partial charge in [-0.3, -0.25) is 0 Å². The summed E-state index contributed by atoms with van der Waals surface area (Å²) in [5.41, 5.74) is 1.67. The van der Waals surface area contributed by atoms with E-state index in [-0.39, 0.29) is 6.04 Å². The maximum atomic E-state index is 11.1. The molecule has 0 bridgehead atoms. The molecular formula is C13H15N3O2. The summed E-state index contributed by atoms with van der Waals surface area (Å²) in [5, 5.41) is 11.7. The lowest BCUT2D eigenvalue weighted by Crippen LogP contribution is -2.36. The maximum Gasteiger partial charge on any atom is 0.407 e. The van der Waals surface area contributed by atoms with Gasteiger partial charge < -0.3 is 15.0 Å². The van der Waals surface area contributed by atoms with Crippen LogP contribution in [-0.4, -0.2) is 32.3 Å². The van der Waals surface area contributed by atoms with Crippen molar-refractivity contribution in [3.8, 4) is 6.07 Å². The van der Waals surface area contributed by atoms with Crippen molar-refractivity contribution in [3.05, 3.63) is 29.8 Å². The Morgan fingerprint density at radius 1 is 1.61 bits per heavy atom. The van der Waals surface area contributed by atoms with Crippen LogP contribution >= 0.6 is 0 Å². The summed E-state index contributed by atoms with van der Waals surface area (Å²) >= 11 is 0. The van der Waals surface area contributed by atoms with Crippen molar-refractivity contribution in [2.75, 3.05) is 25.1 Å². The zero-order valence-electron chi connectivity index (χ0n) is 10.2. The largest absolute Gasteiger partial charge is 0.453 e. The molecular weight excluding hydrogens is 230 g/mol. The Balaban J connectivity index is 2.00. The van der Waals surface area contributed by atoms with Crippen LogP contribution in [0.1, 0.15) is 12.0 Å². The summed E-state index contributed by atoms with van der Waals surface area (Å²) in [4.78, 5) is 13.3. The van der Waals surface area contributed by atoms with Gasteiger partial charge in [-0.2, -0.15) is 5.26 Å². The van der Waals surface area contributed by atoms with E-state index in [9.17, 15) is 4.79 Å². The number of nitriles is 1. The van der Waals surface area contributed by atoms with E-state index in [1.54, 1.807) is 6.07 Å². The molecule has 0 aliphatic carbocycles. The number of anilines is 1. The fourth-order valence-corrected chi connectivity index (χ4v) is 2.11. The van der Waals surface area contributed by atoms with Crippen LogP contribution in [0.15, 0.2) is 24.3 Å². The van der Waals surface area contributed by atoms with Gasteiger partial charge in [0.1, 0.15) is 0 Å². The van der Waals surface area contributed by atoms with E-state index in [0.717, 1.165) is 25.2 Å². The molecule has 0 aromatic heterocycles. The second kappa shape index (κ2) is 5.41. The van der Waals surface area contributed by atoms with Crippen LogP contribution in [0.3, 0.4) is 0 Å². The molecule has 1 N–H and O–H groups in total. The van der Waals surface area contributed by atoms with Crippen molar-refractivity contribution in [2.45, 2.75) is 12.5 Å². The molecule has 5 nitrogen and oxygen atoms in total. The van der Waals surface area contributed by atoms with Crippen molar-refractivity contribution >= 4 is 11.8 Å². The molecule has 1 aliphatic heterocycles. The molecule has 1 unspecified atom stereocenters. The van der Waals surface area contributed by atoms with E-state index < -0.39 is 6.09 Å². The number of methoxy groups -OCH3 is 1. The number of ether oxygens (including phenoxy) is 1. The van der Waals surface area contributed by atoms with E-state index in [1.165, 1.54) is 7.11 Å². The molecule has 0 radical (unpaired) electrons. The number of hydrogen-bond donors (Lipinski definition) is 1. The number of benzene rings is 1. The SMILES string of the molecule is COC(=O)NC1CCN(c2cccc(C#N)c2)C1. The molecule has 18 heavy (non-hydrogen) atoms. The molecule has 1 aliphatic rings. The highest BCUT2D eigenvalue weighted by Crippen LogP contribution is 2.21. The lowest BCUT2D eigenvalue weighted by Gasteiger charge is -2.19. The molecule has 94 valence electrons. The average Bonchev–Trinajstić information content (AvgIpc) is 2.87. The highest BCUT2D eigenvalue weighted by atomic mass is 16.5. The number of nitrogens with zero attached hydrogens (tertiary/aromatic N) is 2. The Kier molecular flexibility index (Phi) is 3.68. The topological polar surface area (TPSA) is 65.4 Å². The second-order valence-electron chi connectivity index (χ2n) is 4.23. The van der Waals surface area contributed by atoms with Crippen LogP contribution in [0, 0.1) is 11.3 Å². The Morgan fingerprint density at radius 2 is 2.44 bits per heavy atom. The summed E-state index contributed by atoms with van der Waals surface area (Å²) in [7, 11) is 1.36. The highest BCUT2D eigenvalue weighted by Gasteiger charge is 2.24. The first-order chi connectivity index (χ1) is 8.72. The summed E-state index contributed by atoms with van der Waals surface area (Å²) < 4.78 is 4.58. The Morgan fingerprint density at radius 3 is 3.17 bits per heavy atom. The monoisotopic (exact) mass is 245 g/mol. The van der Waals surface area contributed by atoms with E-state index in [0.29, 0.717) is 5.56 Å². The molecule has 1 atom stereocenters. The minimum atomic E-state index is -0.396. The molecule has 1 saturated heterocycles. The normalized spacial score (nSPS) is 18.2. The van der Waals surface area contributed by atoms with Crippen LogP contribution in [0.2, 0.25) is 0 Å². The standard InChI is InChI=1S/C13H15N3O2/c1-18-13(17)15-11-5-6-16(9-11)12-4-2-3-10(7-12)8-14/h2-4,7,11H,5-6,9H2,1H3,(H,15,17). The minimum Gasteiger partial charge on any atom is -0.453 e. The fraction of sp³-hybridized carbons (Fsp3) is 0.385. The smallest absolute Gasteiger partial charge is 0.407 e. The lowest BCUT2D eigenvalue weighted by molar-refractivity contribution is 0.167. The fourth-order valence-electron chi connectivity index (χ4n) is 2.11. The quantitative estimate of drug-likeness (QED) is 0.857. The van der Waals surface area contributed by atoms with Gasteiger partial charge in [0.2, 0.25) is 0 Å². The minimum absolute atomic E-state index is 0.100. The van der Waals surface area contributed by atoms with Crippen LogP contribution in [0.25, 0.3) is 0 Å². The van der Waals surface area contributed by atoms with E-state index in [2.05, 4.69) is 21.0 Å². The number of carbonyl (C=O) groups excluding carboxylic acids is 1. The van der Waals surface area contributed by atoms with Gasteiger partial charge in [-0.15, -0.1) is 0 Å². The summed E-state index contributed by atoms with van der Waals surface area (Å²) in [6.45, 7) is 1.60. The molecule has 1 aromatic carbocycles. The number of amides is 1. The Labute approximate surface area is 106 Å². The van der Waals surface area contributed by atoms with Crippen LogP contribution in [0.4, 0.5) is 10.5 Å². The van der Waals surface area contributed by atoms with Gasteiger partial charge in [0.05, 0.1) is 24.8 Å². The number of nitrogens with one attached hydrogen (secondary N) is 1. The number of carbonyl (C=O) groups is 1. The van der Waals surface area contributed by atoms with Gasteiger partial charge in [0.15, 0.2) is 0 Å². The first-order valence-corrected chi connectivity index (χ1v) is 5.82. The summed E-state index contributed by atoms with van der Waals surface area (Å²) in [6.07, 6.45) is 0.485. The van der Waals surface area contributed by atoms with Crippen LogP contribution in [0.5, 0.6) is 0 Å². The van der Waals surface area contributed by atoms with Gasteiger partial charge in [-0.25, -0.2) is 4.79 Å². The first-order valence-electron chi connectivity index (χ1n) is 5.82. The van der Waals surface area contributed by atoms with E-state index >= 15 is 0 Å². The molecule has 2 rings (SSSR count). The molecule has 1 aromatic rings. The van der Waals surface area contributed by atoms with Gasteiger partial charge in [-0.05, 0) is 24.6 Å². The maximum absolute atomic E-state index is 11.1. The van der Waals surface area contributed by atoms with Crippen molar-refractivity contribution in [1.29, 1.82) is 5.26 Å². The molecule has 0 saturated carbocycles. The van der Waals surface area contributed by atoms with Crippen molar-refractivity contribution in [2.24, 2.45) is 0 Å². The molecule has 1 amide bonds. The third kappa shape index (κ3) is 2.72. The molecule has 5 heteroatoms. The Bertz CT molecular complexity index is 481. The van der Waals surface area contributed by atoms with Crippen molar-refractivity contribution < 1.29 is 9.53 Å². The van der Waals surface area contributed by atoms with Gasteiger partial charge in [-0.1, -0.05) is 6.07 Å². The van der Waals surface area contributed by atoms with Gasteiger partial charge in [0.25, 0.3) is 0 Å². The third-order valence-corrected chi connectivity index (χ3v) is 3.04. The molecule has 1 fully saturated rings. The lowest BCUT2D eigenvalue weighted by atomic mass is 10.2. The van der Waals surface area contributed by atoms with Crippen LogP contribution < -0.4 is 10.2 Å².